The lowest BCUT2D eigenvalue weighted by molar-refractivity contribution is 0.306. The van der Waals surface area contributed by atoms with E-state index < -0.39 is 17.7 Å². The number of rotatable bonds is 4. The molecule has 0 saturated carbocycles. The summed E-state index contributed by atoms with van der Waals surface area (Å²) >= 11 is 0. The van der Waals surface area contributed by atoms with Gasteiger partial charge in [-0.15, -0.1) is 0 Å². The van der Waals surface area contributed by atoms with Crippen molar-refractivity contribution in [2.75, 3.05) is 0 Å². The molecule has 2 aromatic carbocycles. The van der Waals surface area contributed by atoms with Crippen molar-refractivity contribution in [3.63, 3.8) is 0 Å². The Morgan fingerprint density at radius 1 is 1.08 bits per heavy atom. The molecular formula is C20H22F2N4. The van der Waals surface area contributed by atoms with Crippen molar-refractivity contribution < 1.29 is 8.78 Å². The summed E-state index contributed by atoms with van der Waals surface area (Å²) in [7, 11) is 0. The van der Waals surface area contributed by atoms with Crippen LogP contribution in [0.3, 0.4) is 0 Å². The molecule has 3 rings (SSSR count). The zero-order valence-electron chi connectivity index (χ0n) is 15.1. The van der Waals surface area contributed by atoms with Crippen LogP contribution in [0.25, 0.3) is 11.4 Å². The summed E-state index contributed by atoms with van der Waals surface area (Å²) in [4.78, 5) is 4.47. The average Bonchev–Trinajstić information content (AvgIpc) is 2.99. The first-order valence-corrected chi connectivity index (χ1v) is 8.45. The van der Waals surface area contributed by atoms with Crippen LogP contribution in [0.5, 0.6) is 0 Å². The minimum Gasteiger partial charge on any atom is -0.321 e. The van der Waals surface area contributed by atoms with Gasteiger partial charge in [-0.25, -0.2) is 18.4 Å². The van der Waals surface area contributed by atoms with Crippen molar-refractivity contribution >= 4 is 0 Å². The molecule has 1 aromatic heterocycles. The van der Waals surface area contributed by atoms with Crippen molar-refractivity contribution in [1.29, 1.82) is 0 Å². The van der Waals surface area contributed by atoms with Crippen LogP contribution in [0.2, 0.25) is 0 Å². The SMILES string of the molecule is CC(C)(C)C(N)c1nc(-c2cc(F)ccc2F)nn1Cc1ccccc1. The maximum Gasteiger partial charge on any atom is 0.184 e. The Morgan fingerprint density at radius 3 is 2.42 bits per heavy atom. The van der Waals surface area contributed by atoms with Crippen LogP contribution in [-0.4, -0.2) is 14.8 Å². The second kappa shape index (κ2) is 6.96. The third-order valence-corrected chi connectivity index (χ3v) is 4.26. The van der Waals surface area contributed by atoms with Crippen molar-refractivity contribution in [1.82, 2.24) is 14.8 Å². The predicted molar refractivity (Wildman–Crippen MR) is 97.3 cm³/mol. The summed E-state index contributed by atoms with van der Waals surface area (Å²) in [5.74, 6) is -0.436. The van der Waals surface area contributed by atoms with E-state index in [1.165, 1.54) is 0 Å². The van der Waals surface area contributed by atoms with Gasteiger partial charge in [0.15, 0.2) is 5.82 Å². The Labute approximate surface area is 151 Å². The highest BCUT2D eigenvalue weighted by molar-refractivity contribution is 5.55. The number of benzene rings is 2. The number of halogens is 2. The van der Waals surface area contributed by atoms with E-state index in [4.69, 9.17) is 5.73 Å². The third kappa shape index (κ3) is 3.80. The average molecular weight is 356 g/mol. The molecule has 0 amide bonds. The van der Waals surface area contributed by atoms with Crippen LogP contribution in [0.4, 0.5) is 8.78 Å². The largest absolute Gasteiger partial charge is 0.321 e. The lowest BCUT2D eigenvalue weighted by Gasteiger charge is -2.26. The van der Waals surface area contributed by atoms with Crippen LogP contribution < -0.4 is 5.73 Å². The normalized spacial score (nSPS) is 13.0. The van der Waals surface area contributed by atoms with Crippen LogP contribution in [0.1, 0.15) is 38.2 Å². The van der Waals surface area contributed by atoms with E-state index in [9.17, 15) is 8.78 Å². The quantitative estimate of drug-likeness (QED) is 0.757. The number of nitrogens with two attached hydrogens (primary N) is 1. The zero-order chi connectivity index (χ0) is 18.9. The number of aromatic nitrogens is 3. The molecule has 3 aromatic rings. The van der Waals surface area contributed by atoms with Crippen molar-refractivity contribution in [2.24, 2.45) is 11.1 Å². The molecule has 1 atom stereocenters. The fraction of sp³-hybridized carbons (Fsp3) is 0.300. The monoisotopic (exact) mass is 356 g/mol. The Kier molecular flexibility index (Phi) is 4.87. The molecule has 6 heteroatoms. The topological polar surface area (TPSA) is 56.7 Å². The molecule has 1 unspecified atom stereocenters. The number of nitrogens with zero attached hydrogens (tertiary/aromatic N) is 3. The van der Waals surface area contributed by atoms with Gasteiger partial charge in [-0.2, -0.15) is 5.10 Å². The first-order valence-electron chi connectivity index (χ1n) is 8.45. The molecule has 0 radical (unpaired) electrons. The van der Waals surface area contributed by atoms with Crippen LogP contribution >= 0.6 is 0 Å². The van der Waals surface area contributed by atoms with Gasteiger partial charge in [-0.3, -0.25) is 0 Å². The van der Waals surface area contributed by atoms with Gasteiger partial charge in [0.2, 0.25) is 0 Å². The lowest BCUT2D eigenvalue weighted by atomic mass is 9.87. The van der Waals surface area contributed by atoms with Crippen LogP contribution in [0, 0.1) is 17.0 Å². The summed E-state index contributed by atoms with van der Waals surface area (Å²) in [6.07, 6.45) is 0. The minimum absolute atomic E-state index is 0.0270. The summed E-state index contributed by atoms with van der Waals surface area (Å²) in [5, 5.41) is 4.43. The maximum absolute atomic E-state index is 14.2. The first kappa shape index (κ1) is 18.2. The third-order valence-electron chi connectivity index (χ3n) is 4.26. The van der Waals surface area contributed by atoms with E-state index in [1.54, 1.807) is 4.68 Å². The van der Waals surface area contributed by atoms with Gasteiger partial charge in [-0.1, -0.05) is 51.1 Å². The molecule has 0 fully saturated rings. The molecule has 0 bridgehead atoms. The van der Waals surface area contributed by atoms with E-state index >= 15 is 0 Å². The molecule has 1 heterocycles. The molecule has 0 saturated heterocycles. The Bertz CT molecular complexity index is 898. The van der Waals surface area contributed by atoms with Crippen LogP contribution in [-0.2, 0) is 6.54 Å². The molecule has 0 aliphatic heterocycles. The lowest BCUT2D eigenvalue weighted by Crippen LogP contribution is -2.29. The van der Waals surface area contributed by atoms with E-state index in [1.807, 2.05) is 51.1 Å². The number of hydrogen-bond donors (Lipinski definition) is 1. The maximum atomic E-state index is 14.2. The molecule has 26 heavy (non-hydrogen) atoms. The fourth-order valence-electron chi connectivity index (χ4n) is 2.63. The van der Waals surface area contributed by atoms with Gasteiger partial charge in [0.25, 0.3) is 0 Å². The fourth-order valence-corrected chi connectivity index (χ4v) is 2.63. The van der Waals surface area contributed by atoms with Gasteiger partial charge >= 0.3 is 0 Å². The predicted octanol–water partition coefficient (Wildman–Crippen LogP) is 4.32. The summed E-state index contributed by atoms with van der Waals surface area (Å²) in [6.45, 7) is 6.45. The molecule has 0 aliphatic rings. The van der Waals surface area contributed by atoms with E-state index in [2.05, 4.69) is 10.1 Å². The summed E-state index contributed by atoms with van der Waals surface area (Å²) in [5.41, 5.74) is 7.18. The number of hydrogen-bond acceptors (Lipinski definition) is 3. The van der Waals surface area contributed by atoms with E-state index in [0.29, 0.717) is 12.4 Å². The van der Waals surface area contributed by atoms with Gasteiger partial charge in [-0.05, 0) is 29.2 Å². The highest BCUT2D eigenvalue weighted by Gasteiger charge is 2.28. The van der Waals surface area contributed by atoms with Crippen molar-refractivity contribution in [3.8, 4) is 11.4 Å². The van der Waals surface area contributed by atoms with Crippen LogP contribution in [0.15, 0.2) is 48.5 Å². The molecule has 2 N–H and O–H groups in total. The van der Waals surface area contributed by atoms with E-state index in [0.717, 1.165) is 23.8 Å². The second-order valence-corrected chi connectivity index (χ2v) is 7.40. The molecular weight excluding hydrogens is 334 g/mol. The zero-order valence-corrected chi connectivity index (χ0v) is 15.1. The highest BCUT2D eigenvalue weighted by Crippen LogP contribution is 2.31. The Hall–Kier alpha value is -2.60. The minimum atomic E-state index is -0.570. The highest BCUT2D eigenvalue weighted by atomic mass is 19.1. The molecule has 4 nitrogen and oxygen atoms in total. The van der Waals surface area contributed by atoms with Gasteiger partial charge in [0, 0.05) is 0 Å². The van der Waals surface area contributed by atoms with Crippen molar-refractivity contribution in [2.45, 2.75) is 33.4 Å². The van der Waals surface area contributed by atoms with Gasteiger partial charge in [0.05, 0.1) is 18.2 Å². The second-order valence-electron chi connectivity index (χ2n) is 7.40. The summed E-state index contributed by atoms with van der Waals surface area (Å²) < 4.78 is 29.4. The molecule has 0 aliphatic carbocycles. The standard InChI is InChI=1S/C20H22F2N4/c1-20(2,3)17(23)19-24-18(15-11-14(21)9-10-16(15)22)25-26(19)12-13-7-5-4-6-8-13/h4-11,17H,12,23H2,1-3H3. The smallest absolute Gasteiger partial charge is 0.184 e. The molecule has 0 spiro atoms. The van der Waals surface area contributed by atoms with Gasteiger partial charge < -0.3 is 5.73 Å². The molecule has 136 valence electrons. The van der Waals surface area contributed by atoms with Crippen molar-refractivity contribution in [3.05, 3.63) is 71.6 Å². The Morgan fingerprint density at radius 2 is 1.77 bits per heavy atom. The van der Waals surface area contributed by atoms with Gasteiger partial charge in [0.1, 0.15) is 17.5 Å². The summed E-state index contributed by atoms with van der Waals surface area (Å²) in [6, 6.07) is 12.6. The van der Waals surface area contributed by atoms with E-state index in [-0.39, 0.29) is 16.8 Å². The Balaban J connectivity index is 2.09. The first-order chi connectivity index (χ1) is 12.3.